The quantitative estimate of drug-likeness (QED) is 0.203. The highest BCUT2D eigenvalue weighted by Gasteiger charge is 2.41. The molecule has 3 aliphatic carbocycles. The fourth-order valence-corrected chi connectivity index (χ4v) is 8.66. The maximum atomic E-state index is 14.1. The van der Waals surface area contributed by atoms with Crippen LogP contribution in [0, 0.1) is 27.2 Å². The second-order valence-electron chi connectivity index (χ2n) is 14.1. The predicted molar refractivity (Wildman–Crippen MR) is 178 cm³/mol. The predicted octanol–water partition coefficient (Wildman–Crippen LogP) is 9.51. The Bertz CT molecular complexity index is 1070. The number of carbonyl (C=O) groups is 1. The zero-order chi connectivity index (χ0) is 29.1. The van der Waals surface area contributed by atoms with Gasteiger partial charge in [-0.1, -0.05) is 32.9 Å². The first-order valence-electron chi connectivity index (χ1n) is 15.5. The van der Waals surface area contributed by atoms with E-state index in [1.165, 1.54) is 34.8 Å². The third-order valence-electron chi connectivity index (χ3n) is 10.3. The summed E-state index contributed by atoms with van der Waals surface area (Å²) in [7, 11) is -0.0205. The average molecular weight is 678 g/mol. The van der Waals surface area contributed by atoms with Crippen LogP contribution in [0.5, 0.6) is 0 Å². The number of rotatable bonds is 8. The smallest absolute Gasteiger partial charge is 0.230 e. The number of nitrogens with zero attached hydrogens (tertiary/aromatic N) is 1. The molecular formula is C34H52INO3Si. The van der Waals surface area contributed by atoms with Crippen LogP contribution in [-0.4, -0.2) is 34.0 Å². The number of anilines is 1. The summed E-state index contributed by atoms with van der Waals surface area (Å²) in [5.74, 6) is 3.40. The number of amides is 1. The summed E-state index contributed by atoms with van der Waals surface area (Å²) in [5.41, 5.74) is 2.44. The van der Waals surface area contributed by atoms with E-state index in [1.807, 2.05) is 0 Å². The average Bonchev–Trinajstić information content (AvgIpc) is 2.91. The Hall–Kier alpha value is -1.12. The highest BCUT2D eigenvalue weighted by atomic mass is 127. The lowest BCUT2D eigenvalue weighted by molar-refractivity contribution is -0.124. The van der Waals surface area contributed by atoms with Crippen LogP contribution >= 0.6 is 22.6 Å². The van der Waals surface area contributed by atoms with Crippen molar-refractivity contribution < 1.29 is 14.0 Å². The normalized spacial score (nSPS) is 27.9. The molecule has 0 heterocycles. The maximum absolute atomic E-state index is 14.1. The number of benzene rings is 1. The fraction of sp³-hybridized carbons (Fsp3) is 0.676. The van der Waals surface area contributed by atoms with E-state index < -0.39 is 8.32 Å². The molecule has 0 radical (unpaired) electrons. The van der Waals surface area contributed by atoms with Crippen LogP contribution in [0.15, 0.2) is 47.7 Å². The van der Waals surface area contributed by atoms with Gasteiger partial charge in [0.05, 0.1) is 7.11 Å². The molecule has 40 heavy (non-hydrogen) atoms. The summed E-state index contributed by atoms with van der Waals surface area (Å²) in [6.07, 6.45) is 14.8. The molecule has 1 aromatic rings. The molecule has 0 saturated heterocycles. The number of carbonyl (C=O) groups excluding carboxylic acids is 1. The minimum Gasteiger partial charge on any atom is -0.497 e. The van der Waals surface area contributed by atoms with E-state index in [4.69, 9.17) is 9.16 Å². The minimum atomic E-state index is -1.79. The molecule has 1 atom stereocenters. The van der Waals surface area contributed by atoms with Crippen molar-refractivity contribution in [1.29, 1.82) is 0 Å². The van der Waals surface area contributed by atoms with Gasteiger partial charge in [-0.15, -0.1) is 0 Å². The van der Waals surface area contributed by atoms with Gasteiger partial charge >= 0.3 is 0 Å². The molecule has 0 aliphatic heterocycles. The standard InChI is InChI=1S/C34H52INO3Si/c1-24-21-28(17-20-32(24)38-5)26-13-11-25(12-14-26)23-36(30-10-8-9-29(35)22-30)33(37)27-15-18-31(19-16-27)39-40(6,7)34(2,3)4/h8-10,17,20,22,25-28,31H,11-16,18-19,21,23H2,1-7H3. The minimum absolute atomic E-state index is 0.102. The summed E-state index contributed by atoms with van der Waals surface area (Å²) in [4.78, 5) is 16.3. The van der Waals surface area contributed by atoms with Crippen molar-refractivity contribution in [2.24, 2.45) is 23.7 Å². The Morgan fingerprint density at radius 2 is 1.73 bits per heavy atom. The van der Waals surface area contributed by atoms with Crippen molar-refractivity contribution in [2.75, 3.05) is 18.6 Å². The SMILES string of the molecule is COC1=C(C)CC(C2CCC(CN(C(=O)C3CCC(O[Si](C)(C)C(C)(C)C)CC3)c3cccc(I)c3)CC2)C=C1. The van der Waals surface area contributed by atoms with Crippen LogP contribution in [-0.2, 0) is 14.0 Å². The van der Waals surface area contributed by atoms with E-state index in [0.29, 0.717) is 23.8 Å². The monoisotopic (exact) mass is 677 g/mol. The number of hydrogen-bond donors (Lipinski definition) is 0. The second-order valence-corrected chi connectivity index (χ2v) is 20.1. The first-order chi connectivity index (χ1) is 18.9. The van der Waals surface area contributed by atoms with E-state index in [0.717, 1.165) is 56.0 Å². The molecule has 4 rings (SSSR count). The zero-order valence-electron chi connectivity index (χ0n) is 26.0. The lowest BCUT2D eigenvalue weighted by Gasteiger charge is -2.42. The van der Waals surface area contributed by atoms with Crippen LogP contribution in [0.25, 0.3) is 0 Å². The molecule has 0 bridgehead atoms. The Kier molecular flexibility index (Phi) is 10.7. The molecule has 1 aromatic carbocycles. The number of methoxy groups -OCH3 is 1. The van der Waals surface area contributed by atoms with Crippen LogP contribution in [0.2, 0.25) is 18.1 Å². The Balaban J connectivity index is 1.37. The third-order valence-corrected chi connectivity index (χ3v) is 15.5. The molecule has 2 fully saturated rings. The van der Waals surface area contributed by atoms with E-state index in [2.05, 4.69) is 105 Å². The van der Waals surface area contributed by atoms with Crippen LogP contribution in [0.4, 0.5) is 5.69 Å². The Labute approximate surface area is 258 Å². The number of ether oxygens (including phenoxy) is 1. The summed E-state index contributed by atoms with van der Waals surface area (Å²) in [5, 5.41) is 0.218. The van der Waals surface area contributed by atoms with Crippen LogP contribution in [0.3, 0.4) is 0 Å². The van der Waals surface area contributed by atoms with E-state index in [-0.39, 0.29) is 11.0 Å². The first kappa shape index (κ1) is 31.8. The zero-order valence-corrected chi connectivity index (χ0v) is 29.1. The van der Waals surface area contributed by atoms with Gasteiger partial charge in [0, 0.05) is 27.8 Å². The van der Waals surface area contributed by atoms with Crippen molar-refractivity contribution in [3.63, 3.8) is 0 Å². The highest BCUT2D eigenvalue weighted by Crippen LogP contribution is 2.42. The lowest BCUT2D eigenvalue weighted by Crippen LogP contribution is -2.46. The van der Waals surface area contributed by atoms with Gasteiger partial charge in [-0.25, -0.2) is 0 Å². The van der Waals surface area contributed by atoms with Crippen molar-refractivity contribution in [1.82, 2.24) is 0 Å². The molecule has 4 nitrogen and oxygen atoms in total. The van der Waals surface area contributed by atoms with Gasteiger partial charge in [-0.05, 0) is 153 Å². The summed E-state index contributed by atoms with van der Waals surface area (Å²) in [6, 6.07) is 8.53. The summed E-state index contributed by atoms with van der Waals surface area (Å²) in [6.45, 7) is 14.7. The number of allylic oxidation sites excluding steroid dienone is 3. The highest BCUT2D eigenvalue weighted by molar-refractivity contribution is 14.1. The Morgan fingerprint density at radius 1 is 1.05 bits per heavy atom. The summed E-state index contributed by atoms with van der Waals surface area (Å²) < 4.78 is 13.4. The molecule has 1 unspecified atom stereocenters. The molecule has 0 aromatic heterocycles. The first-order valence-corrected chi connectivity index (χ1v) is 19.5. The van der Waals surface area contributed by atoms with Gasteiger partial charge in [-0.2, -0.15) is 0 Å². The van der Waals surface area contributed by atoms with Crippen molar-refractivity contribution in [3.8, 4) is 0 Å². The van der Waals surface area contributed by atoms with Crippen LogP contribution in [0.1, 0.15) is 85.5 Å². The van der Waals surface area contributed by atoms with Crippen molar-refractivity contribution in [2.45, 2.75) is 110 Å². The summed E-state index contributed by atoms with van der Waals surface area (Å²) >= 11 is 2.37. The van der Waals surface area contributed by atoms with Gasteiger partial charge in [0.2, 0.25) is 5.91 Å². The molecule has 6 heteroatoms. The topological polar surface area (TPSA) is 38.8 Å². The maximum Gasteiger partial charge on any atom is 0.230 e. The lowest BCUT2D eigenvalue weighted by atomic mass is 9.72. The van der Waals surface area contributed by atoms with E-state index in [1.54, 1.807) is 7.11 Å². The van der Waals surface area contributed by atoms with Gasteiger partial charge in [0.25, 0.3) is 0 Å². The third kappa shape index (κ3) is 7.83. The van der Waals surface area contributed by atoms with Gasteiger partial charge in [0.15, 0.2) is 8.32 Å². The van der Waals surface area contributed by atoms with E-state index >= 15 is 0 Å². The molecular weight excluding hydrogens is 625 g/mol. The second kappa shape index (κ2) is 13.5. The fourth-order valence-electron chi connectivity index (χ4n) is 6.71. The molecule has 3 aliphatic rings. The van der Waals surface area contributed by atoms with E-state index in [9.17, 15) is 4.79 Å². The van der Waals surface area contributed by atoms with Crippen LogP contribution < -0.4 is 4.90 Å². The molecule has 2 saturated carbocycles. The van der Waals surface area contributed by atoms with Crippen molar-refractivity contribution in [3.05, 3.63) is 51.3 Å². The number of hydrogen-bond acceptors (Lipinski definition) is 3. The largest absolute Gasteiger partial charge is 0.497 e. The Morgan fingerprint density at radius 3 is 2.30 bits per heavy atom. The van der Waals surface area contributed by atoms with Gasteiger partial charge < -0.3 is 14.1 Å². The molecule has 222 valence electrons. The number of halogens is 1. The molecule has 0 N–H and O–H groups in total. The van der Waals surface area contributed by atoms with Gasteiger partial charge in [-0.3, -0.25) is 4.79 Å². The molecule has 0 spiro atoms. The van der Waals surface area contributed by atoms with Gasteiger partial charge in [0.1, 0.15) is 5.76 Å². The van der Waals surface area contributed by atoms with Crippen molar-refractivity contribution >= 4 is 42.5 Å². The molecule has 1 amide bonds.